The summed E-state index contributed by atoms with van der Waals surface area (Å²) in [4.78, 5) is 1.14. The summed E-state index contributed by atoms with van der Waals surface area (Å²) in [6, 6.07) is 7.13. The van der Waals surface area contributed by atoms with Gasteiger partial charge in [0.15, 0.2) is 0 Å². The summed E-state index contributed by atoms with van der Waals surface area (Å²) >= 11 is 1.70. The minimum absolute atomic E-state index is 0.302. The van der Waals surface area contributed by atoms with Crippen molar-refractivity contribution in [2.45, 2.75) is 11.3 Å². The van der Waals surface area contributed by atoms with Crippen molar-refractivity contribution < 1.29 is 5.11 Å². The van der Waals surface area contributed by atoms with E-state index in [-0.39, 0.29) is 0 Å². The average molecular weight is 178 g/mol. The van der Waals surface area contributed by atoms with E-state index in [1.165, 1.54) is 0 Å². The molecule has 0 fully saturated rings. The topological polar surface area (TPSA) is 20.2 Å². The Balaban J connectivity index is 2.43. The van der Waals surface area contributed by atoms with Crippen LogP contribution in [-0.2, 0) is 0 Å². The van der Waals surface area contributed by atoms with Crippen molar-refractivity contribution in [2.75, 3.05) is 5.75 Å². The molecule has 0 heterocycles. The summed E-state index contributed by atoms with van der Waals surface area (Å²) in [5.74, 6) is 3.81. The monoisotopic (exact) mass is 178 g/mol. The smallest absolute Gasteiger partial charge is 0.115 e. The van der Waals surface area contributed by atoms with Gasteiger partial charge in [-0.05, 0) is 24.3 Å². The highest BCUT2D eigenvalue weighted by molar-refractivity contribution is 7.99. The number of thioether (sulfide) groups is 1. The maximum Gasteiger partial charge on any atom is 0.115 e. The van der Waals surface area contributed by atoms with Crippen molar-refractivity contribution in [1.82, 2.24) is 0 Å². The quantitative estimate of drug-likeness (QED) is 0.436. The summed E-state index contributed by atoms with van der Waals surface area (Å²) in [5, 5.41) is 8.99. The van der Waals surface area contributed by atoms with Gasteiger partial charge in [-0.25, -0.2) is 0 Å². The fraction of sp³-hybridized carbons (Fsp3) is 0.200. The largest absolute Gasteiger partial charge is 0.508 e. The van der Waals surface area contributed by atoms with E-state index in [2.05, 4.69) is 5.92 Å². The molecule has 0 atom stereocenters. The van der Waals surface area contributed by atoms with Crippen LogP contribution in [0.2, 0.25) is 0 Å². The van der Waals surface area contributed by atoms with Crippen LogP contribution in [0.3, 0.4) is 0 Å². The zero-order valence-electron chi connectivity index (χ0n) is 6.66. The molecule has 0 saturated carbocycles. The number of phenols is 1. The molecule has 0 spiro atoms. The van der Waals surface area contributed by atoms with Gasteiger partial charge in [0.25, 0.3) is 0 Å². The molecule has 1 aromatic rings. The van der Waals surface area contributed by atoms with Gasteiger partial charge in [0.05, 0.1) is 0 Å². The van der Waals surface area contributed by atoms with E-state index >= 15 is 0 Å². The second kappa shape index (κ2) is 4.74. The molecule has 0 bridgehead atoms. The van der Waals surface area contributed by atoms with E-state index in [9.17, 15) is 0 Å². The first kappa shape index (κ1) is 9.02. The molecule has 2 heteroatoms. The molecule has 62 valence electrons. The Morgan fingerprint density at radius 1 is 1.33 bits per heavy atom. The molecule has 0 radical (unpaired) electrons. The first-order valence-corrected chi connectivity index (χ1v) is 4.67. The van der Waals surface area contributed by atoms with Crippen LogP contribution in [0.5, 0.6) is 5.75 Å². The second-order valence-corrected chi connectivity index (χ2v) is 3.46. The van der Waals surface area contributed by atoms with Gasteiger partial charge < -0.3 is 5.11 Å². The molecule has 12 heavy (non-hydrogen) atoms. The molecular formula is C10H10OS. The van der Waals surface area contributed by atoms with Gasteiger partial charge in [0.1, 0.15) is 5.75 Å². The van der Waals surface area contributed by atoms with Crippen LogP contribution in [0.4, 0.5) is 0 Å². The highest BCUT2D eigenvalue weighted by atomic mass is 32.2. The van der Waals surface area contributed by atoms with E-state index in [4.69, 9.17) is 11.5 Å². The Bertz CT molecular complexity index is 271. The third kappa shape index (κ3) is 2.89. The first-order valence-electron chi connectivity index (χ1n) is 3.68. The maximum absolute atomic E-state index is 8.99. The van der Waals surface area contributed by atoms with E-state index in [1.54, 1.807) is 23.9 Å². The van der Waals surface area contributed by atoms with Crippen molar-refractivity contribution in [3.63, 3.8) is 0 Å². The molecule has 1 rings (SSSR count). The zero-order chi connectivity index (χ0) is 8.81. The normalized spacial score (nSPS) is 9.25. The minimum atomic E-state index is 0.302. The van der Waals surface area contributed by atoms with Crippen molar-refractivity contribution >= 4 is 11.8 Å². The van der Waals surface area contributed by atoms with Crippen molar-refractivity contribution in [3.05, 3.63) is 24.3 Å². The van der Waals surface area contributed by atoms with Crippen LogP contribution in [-0.4, -0.2) is 10.9 Å². The predicted molar refractivity (Wildman–Crippen MR) is 52.3 cm³/mol. The summed E-state index contributed by atoms with van der Waals surface area (Å²) < 4.78 is 0. The molecule has 0 aliphatic rings. The van der Waals surface area contributed by atoms with E-state index in [0.29, 0.717) is 5.75 Å². The molecule has 1 nitrogen and oxygen atoms in total. The van der Waals surface area contributed by atoms with Crippen LogP contribution in [0.1, 0.15) is 6.42 Å². The SMILES string of the molecule is C#CCCSc1ccc(O)cc1. The van der Waals surface area contributed by atoms with E-state index in [0.717, 1.165) is 17.1 Å². The van der Waals surface area contributed by atoms with Crippen LogP contribution in [0.25, 0.3) is 0 Å². The zero-order valence-corrected chi connectivity index (χ0v) is 7.47. The number of aromatic hydroxyl groups is 1. The first-order chi connectivity index (χ1) is 5.83. The molecule has 0 aliphatic carbocycles. The number of phenolic OH excluding ortho intramolecular Hbond substituents is 1. The lowest BCUT2D eigenvalue weighted by molar-refractivity contribution is 0.475. The second-order valence-electron chi connectivity index (χ2n) is 2.30. The Morgan fingerprint density at radius 3 is 2.58 bits per heavy atom. The summed E-state index contributed by atoms with van der Waals surface area (Å²) in [6.07, 6.45) is 5.90. The van der Waals surface area contributed by atoms with Gasteiger partial charge >= 0.3 is 0 Å². The van der Waals surface area contributed by atoms with Crippen molar-refractivity contribution in [1.29, 1.82) is 0 Å². The third-order valence-electron chi connectivity index (χ3n) is 1.35. The molecule has 0 saturated heterocycles. The van der Waals surface area contributed by atoms with E-state index in [1.807, 2.05) is 12.1 Å². The molecule has 1 aromatic carbocycles. The molecule has 0 amide bonds. The lowest BCUT2D eigenvalue weighted by Gasteiger charge is -1.98. The fourth-order valence-corrected chi connectivity index (χ4v) is 1.55. The van der Waals surface area contributed by atoms with Gasteiger partial charge in [0.2, 0.25) is 0 Å². The van der Waals surface area contributed by atoms with Gasteiger partial charge in [-0.3, -0.25) is 0 Å². The average Bonchev–Trinajstić information content (AvgIpc) is 2.09. The number of hydrogen-bond acceptors (Lipinski definition) is 2. The highest BCUT2D eigenvalue weighted by Gasteiger charge is 1.92. The summed E-state index contributed by atoms with van der Waals surface area (Å²) in [7, 11) is 0. The number of benzene rings is 1. The van der Waals surface area contributed by atoms with Crippen LogP contribution in [0, 0.1) is 12.3 Å². The maximum atomic E-state index is 8.99. The molecular weight excluding hydrogens is 168 g/mol. The minimum Gasteiger partial charge on any atom is -0.508 e. The van der Waals surface area contributed by atoms with Gasteiger partial charge in [0, 0.05) is 17.1 Å². The lowest BCUT2D eigenvalue weighted by atomic mass is 10.3. The highest BCUT2D eigenvalue weighted by Crippen LogP contribution is 2.20. The number of hydrogen-bond donors (Lipinski definition) is 1. The summed E-state index contributed by atoms with van der Waals surface area (Å²) in [6.45, 7) is 0. The Morgan fingerprint density at radius 2 is 2.00 bits per heavy atom. The van der Waals surface area contributed by atoms with Crippen molar-refractivity contribution in [3.8, 4) is 18.1 Å². The van der Waals surface area contributed by atoms with Gasteiger partial charge in [-0.2, -0.15) is 0 Å². The number of terminal acetylenes is 1. The Hall–Kier alpha value is -1.07. The standard InChI is InChI=1S/C10H10OS/c1-2-3-8-12-10-6-4-9(11)5-7-10/h1,4-7,11H,3,8H2. The molecule has 0 unspecified atom stereocenters. The lowest BCUT2D eigenvalue weighted by Crippen LogP contribution is -1.75. The van der Waals surface area contributed by atoms with Crippen LogP contribution < -0.4 is 0 Å². The predicted octanol–water partition coefficient (Wildman–Crippen LogP) is 2.51. The van der Waals surface area contributed by atoms with Gasteiger partial charge in [-0.1, -0.05) is 0 Å². The Labute approximate surface area is 76.8 Å². The fourth-order valence-electron chi connectivity index (χ4n) is 0.770. The van der Waals surface area contributed by atoms with E-state index < -0.39 is 0 Å². The van der Waals surface area contributed by atoms with Gasteiger partial charge in [-0.15, -0.1) is 24.1 Å². The van der Waals surface area contributed by atoms with Crippen LogP contribution in [0.15, 0.2) is 29.2 Å². The molecule has 0 aliphatic heterocycles. The Kier molecular flexibility index (Phi) is 3.56. The molecule has 0 aromatic heterocycles. The number of rotatable bonds is 3. The van der Waals surface area contributed by atoms with Crippen LogP contribution >= 0.6 is 11.8 Å². The molecule has 1 N–H and O–H groups in total. The van der Waals surface area contributed by atoms with Crippen molar-refractivity contribution in [2.24, 2.45) is 0 Å². The third-order valence-corrected chi connectivity index (χ3v) is 2.37. The summed E-state index contributed by atoms with van der Waals surface area (Å²) in [5.41, 5.74) is 0.